The van der Waals surface area contributed by atoms with Crippen LogP contribution in [0.15, 0.2) is 24.3 Å². The molecule has 2 heteroatoms. The maximum atomic E-state index is 5.40. The lowest BCUT2D eigenvalue weighted by molar-refractivity contribution is -0.0996. The highest BCUT2D eigenvalue weighted by molar-refractivity contribution is 5.08. The summed E-state index contributed by atoms with van der Waals surface area (Å²) < 4.78 is 10.8. The molecule has 0 aromatic rings. The lowest BCUT2D eigenvalue weighted by Crippen LogP contribution is -2.21. The van der Waals surface area contributed by atoms with Crippen LogP contribution in [0.4, 0.5) is 0 Å². The van der Waals surface area contributed by atoms with E-state index in [9.17, 15) is 0 Å². The first-order valence-electron chi connectivity index (χ1n) is 4.76. The van der Waals surface area contributed by atoms with E-state index < -0.39 is 5.79 Å². The molecule has 0 aliphatic carbocycles. The van der Waals surface area contributed by atoms with Crippen molar-refractivity contribution in [1.29, 1.82) is 0 Å². The second-order valence-electron chi connectivity index (χ2n) is 3.70. The molecule has 2 nitrogen and oxygen atoms in total. The summed E-state index contributed by atoms with van der Waals surface area (Å²) in [7, 11) is 0. The third-order valence-electron chi connectivity index (χ3n) is 1.87. The topological polar surface area (TPSA) is 18.5 Å². The zero-order valence-corrected chi connectivity index (χ0v) is 8.62. The molecule has 0 atom stereocenters. The van der Waals surface area contributed by atoms with Crippen LogP contribution in [0.5, 0.6) is 0 Å². The quantitative estimate of drug-likeness (QED) is 0.624. The first-order chi connectivity index (χ1) is 6.12. The molecule has 74 valence electrons. The van der Waals surface area contributed by atoms with Gasteiger partial charge in [0.25, 0.3) is 0 Å². The van der Waals surface area contributed by atoms with E-state index in [4.69, 9.17) is 9.47 Å². The molecule has 1 aliphatic rings. The second kappa shape index (κ2) is 4.58. The number of rotatable bonds is 3. The lowest BCUT2D eigenvalue weighted by atomic mass is 10.2. The van der Waals surface area contributed by atoms with Crippen molar-refractivity contribution in [2.24, 2.45) is 5.92 Å². The average molecular weight is 182 g/mol. The van der Waals surface area contributed by atoms with Crippen LogP contribution < -0.4 is 0 Å². The lowest BCUT2D eigenvalue weighted by Gasteiger charge is -2.16. The average Bonchev–Trinajstić information content (AvgIpc) is 2.47. The minimum atomic E-state index is -0.499. The minimum Gasteiger partial charge on any atom is -0.344 e. The fourth-order valence-electron chi connectivity index (χ4n) is 1.14. The van der Waals surface area contributed by atoms with Crippen LogP contribution >= 0.6 is 0 Å². The van der Waals surface area contributed by atoms with Gasteiger partial charge in [-0.15, -0.1) is 0 Å². The van der Waals surface area contributed by atoms with Gasteiger partial charge in [-0.25, -0.2) is 0 Å². The van der Waals surface area contributed by atoms with Gasteiger partial charge < -0.3 is 9.47 Å². The van der Waals surface area contributed by atoms with Crippen molar-refractivity contribution in [1.82, 2.24) is 0 Å². The summed E-state index contributed by atoms with van der Waals surface area (Å²) in [6, 6.07) is 0. The van der Waals surface area contributed by atoms with Crippen molar-refractivity contribution in [2.45, 2.75) is 26.6 Å². The first-order valence-corrected chi connectivity index (χ1v) is 4.76. The Balaban J connectivity index is 2.38. The predicted octanol–water partition coefficient (Wildman–Crippen LogP) is 2.52. The van der Waals surface area contributed by atoms with Crippen molar-refractivity contribution in [3.8, 4) is 0 Å². The van der Waals surface area contributed by atoms with Crippen molar-refractivity contribution >= 4 is 0 Å². The first kappa shape index (κ1) is 10.5. The third-order valence-corrected chi connectivity index (χ3v) is 1.87. The van der Waals surface area contributed by atoms with Gasteiger partial charge in [-0.05, 0) is 18.9 Å². The Morgan fingerprint density at radius 1 is 1.15 bits per heavy atom. The van der Waals surface area contributed by atoms with Gasteiger partial charge in [0, 0.05) is 0 Å². The van der Waals surface area contributed by atoms with Crippen LogP contribution in [0.25, 0.3) is 0 Å². The van der Waals surface area contributed by atoms with E-state index in [-0.39, 0.29) is 0 Å². The van der Waals surface area contributed by atoms with E-state index in [1.54, 1.807) is 0 Å². The maximum Gasteiger partial charge on any atom is 0.185 e. The molecule has 0 aromatic heterocycles. The summed E-state index contributed by atoms with van der Waals surface area (Å²) >= 11 is 0. The van der Waals surface area contributed by atoms with Gasteiger partial charge in [0.05, 0.1) is 13.2 Å². The van der Waals surface area contributed by atoms with Gasteiger partial charge >= 0.3 is 0 Å². The molecule has 1 fully saturated rings. The normalized spacial score (nSPS) is 22.5. The number of allylic oxidation sites excluding steroid dienone is 3. The number of hydrogen-bond donors (Lipinski definition) is 0. The molecule has 0 saturated carbocycles. The van der Waals surface area contributed by atoms with Crippen LogP contribution in [0, 0.1) is 5.92 Å². The number of ether oxygens (including phenoxy) is 2. The zero-order valence-electron chi connectivity index (χ0n) is 8.62. The Morgan fingerprint density at radius 2 is 1.77 bits per heavy atom. The van der Waals surface area contributed by atoms with Gasteiger partial charge in [-0.3, -0.25) is 0 Å². The molecule has 0 bridgehead atoms. The Morgan fingerprint density at radius 3 is 2.31 bits per heavy atom. The molecule has 0 amide bonds. The summed E-state index contributed by atoms with van der Waals surface area (Å²) in [5.41, 5.74) is 0. The van der Waals surface area contributed by atoms with Crippen LogP contribution in [0.1, 0.15) is 20.8 Å². The van der Waals surface area contributed by atoms with E-state index in [0.717, 1.165) is 0 Å². The highest BCUT2D eigenvalue weighted by atomic mass is 16.7. The highest BCUT2D eigenvalue weighted by Crippen LogP contribution is 2.19. The standard InChI is InChI=1S/C11H18O2/c1-10(2)6-4-5-7-11(3)12-8-9-13-11/h4-7,10H,8-9H2,1-3H3/b6-4+,7-5-. The van der Waals surface area contributed by atoms with Gasteiger partial charge in [-0.1, -0.05) is 32.1 Å². The predicted molar refractivity (Wildman–Crippen MR) is 53.4 cm³/mol. The smallest absolute Gasteiger partial charge is 0.185 e. The Kier molecular flexibility index (Phi) is 3.70. The molecule has 0 aromatic carbocycles. The van der Waals surface area contributed by atoms with Gasteiger partial charge in [0.15, 0.2) is 5.79 Å². The second-order valence-corrected chi connectivity index (χ2v) is 3.70. The van der Waals surface area contributed by atoms with Crippen molar-refractivity contribution in [3.05, 3.63) is 24.3 Å². The van der Waals surface area contributed by atoms with Crippen LogP contribution in [-0.4, -0.2) is 19.0 Å². The summed E-state index contributed by atoms with van der Waals surface area (Å²) in [5.74, 6) is 0.0873. The molecular weight excluding hydrogens is 164 g/mol. The molecule has 0 N–H and O–H groups in total. The fraction of sp³-hybridized carbons (Fsp3) is 0.636. The molecule has 1 rings (SSSR count). The fourth-order valence-corrected chi connectivity index (χ4v) is 1.14. The van der Waals surface area contributed by atoms with E-state index in [1.165, 1.54) is 0 Å². The van der Waals surface area contributed by atoms with E-state index in [1.807, 2.05) is 25.2 Å². The minimum absolute atomic E-state index is 0.499. The zero-order chi connectivity index (χ0) is 9.73. The monoisotopic (exact) mass is 182 g/mol. The Hall–Kier alpha value is -0.600. The van der Waals surface area contributed by atoms with Crippen LogP contribution in [0.3, 0.4) is 0 Å². The molecule has 1 saturated heterocycles. The summed E-state index contributed by atoms with van der Waals surface area (Å²) in [6.45, 7) is 7.60. The van der Waals surface area contributed by atoms with Gasteiger partial charge in [0.1, 0.15) is 0 Å². The third kappa shape index (κ3) is 3.75. The maximum absolute atomic E-state index is 5.40. The Bertz CT molecular complexity index is 198. The van der Waals surface area contributed by atoms with E-state index >= 15 is 0 Å². The molecule has 0 unspecified atom stereocenters. The SMILES string of the molecule is CC(C)/C=C/C=C\C1(C)OCCO1. The molecular formula is C11H18O2. The highest BCUT2D eigenvalue weighted by Gasteiger charge is 2.26. The molecule has 1 aliphatic heterocycles. The van der Waals surface area contributed by atoms with Crippen LogP contribution in [0.2, 0.25) is 0 Å². The van der Waals surface area contributed by atoms with Crippen molar-refractivity contribution in [2.75, 3.05) is 13.2 Å². The summed E-state index contributed by atoms with van der Waals surface area (Å²) in [4.78, 5) is 0. The van der Waals surface area contributed by atoms with E-state index in [2.05, 4.69) is 19.9 Å². The summed E-state index contributed by atoms with van der Waals surface area (Å²) in [5, 5.41) is 0. The largest absolute Gasteiger partial charge is 0.344 e. The molecule has 0 spiro atoms. The molecule has 0 radical (unpaired) electrons. The molecule has 1 heterocycles. The number of hydrogen-bond acceptors (Lipinski definition) is 2. The van der Waals surface area contributed by atoms with Crippen molar-refractivity contribution in [3.63, 3.8) is 0 Å². The molecule has 13 heavy (non-hydrogen) atoms. The summed E-state index contributed by atoms with van der Waals surface area (Å²) in [6.07, 6.45) is 8.08. The van der Waals surface area contributed by atoms with Gasteiger partial charge in [0.2, 0.25) is 0 Å². The Labute approximate surface area is 80.2 Å². The van der Waals surface area contributed by atoms with Crippen LogP contribution in [-0.2, 0) is 9.47 Å². The van der Waals surface area contributed by atoms with Gasteiger partial charge in [-0.2, -0.15) is 0 Å². The van der Waals surface area contributed by atoms with E-state index in [0.29, 0.717) is 19.1 Å². The van der Waals surface area contributed by atoms with Crippen molar-refractivity contribution < 1.29 is 9.47 Å².